The van der Waals surface area contributed by atoms with Crippen LogP contribution in [-0.4, -0.2) is 31.4 Å². The van der Waals surface area contributed by atoms with E-state index in [0.29, 0.717) is 52.5 Å². The molecule has 1 N–H and O–H groups in total. The van der Waals surface area contributed by atoms with E-state index in [1.807, 2.05) is 36.4 Å². The van der Waals surface area contributed by atoms with Gasteiger partial charge in [-0.2, -0.15) is 0 Å². The third-order valence-corrected chi connectivity index (χ3v) is 5.70. The summed E-state index contributed by atoms with van der Waals surface area (Å²) >= 11 is 12.3. The lowest BCUT2D eigenvalue weighted by atomic mass is 10.1. The fraction of sp³-hybridized carbons (Fsp3) is 0.208. The number of para-hydroxylation sites is 2. The molecule has 0 saturated carbocycles. The van der Waals surface area contributed by atoms with Crippen LogP contribution in [0.3, 0.4) is 0 Å². The van der Waals surface area contributed by atoms with Crippen LogP contribution in [0.1, 0.15) is 11.1 Å². The molecule has 3 aromatic carbocycles. The van der Waals surface area contributed by atoms with Gasteiger partial charge in [0.1, 0.15) is 5.75 Å². The first-order chi connectivity index (χ1) is 15.5. The van der Waals surface area contributed by atoms with Crippen molar-refractivity contribution in [2.24, 2.45) is 0 Å². The van der Waals surface area contributed by atoms with Gasteiger partial charge >= 0.3 is 6.03 Å². The van der Waals surface area contributed by atoms with Crippen molar-refractivity contribution in [3.8, 4) is 17.2 Å². The molecule has 0 saturated heterocycles. The zero-order valence-electron chi connectivity index (χ0n) is 17.4. The molecule has 0 fully saturated rings. The minimum Gasteiger partial charge on any atom is -0.495 e. The van der Waals surface area contributed by atoms with Gasteiger partial charge in [-0.3, -0.25) is 0 Å². The van der Waals surface area contributed by atoms with Crippen LogP contribution in [0.25, 0.3) is 0 Å². The number of nitrogens with one attached hydrogen (secondary N) is 1. The minimum absolute atomic E-state index is 0.200. The van der Waals surface area contributed by atoms with Gasteiger partial charge < -0.3 is 24.4 Å². The molecular weight excluding hydrogens is 451 g/mol. The van der Waals surface area contributed by atoms with Crippen LogP contribution in [-0.2, 0) is 13.0 Å². The summed E-state index contributed by atoms with van der Waals surface area (Å²) in [5.74, 6) is 1.96. The van der Waals surface area contributed by atoms with Crippen molar-refractivity contribution in [3.63, 3.8) is 0 Å². The number of hydrogen-bond acceptors (Lipinski definition) is 4. The normalized spacial score (nSPS) is 11.8. The largest absolute Gasteiger partial charge is 0.495 e. The summed E-state index contributed by atoms with van der Waals surface area (Å²) in [6, 6.07) is 18.1. The van der Waals surface area contributed by atoms with Gasteiger partial charge in [-0.25, -0.2) is 4.79 Å². The van der Waals surface area contributed by atoms with Gasteiger partial charge in [0.25, 0.3) is 0 Å². The number of benzene rings is 3. The highest BCUT2D eigenvalue weighted by molar-refractivity contribution is 6.35. The van der Waals surface area contributed by atoms with Crippen molar-refractivity contribution in [1.82, 2.24) is 4.90 Å². The molecule has 3 aromatic rings. The third kappa shape index (κ3) is 5.21. The number of urea groups is 1. The summed E-state index contributed by atoms with van der Waals surface area (Å²) in [7, 11) is 1.57. The molecule has 1 aliphatic heterocycles. The van der Waals surface area contributed by atoms with E-state index in [0.717, 1.165) is 11.1 Å². The van der Waals surface area contributed by atoms with Gasteiger partial charge in [0.2, 0.25) is 6.79 Å². The molecule has 8 heteroatoms. The van der Waals surface area contributed by atoms with Gasteiger partial charge in [0, 0.05) is 23.1 Å². The second-order valence-electron chi connectivity index (χ2n) is 7.23. The van der Waals surface area contributed by atoms with Crippen molar-refractivity contribution in [1.29, 1.82) is 0 Å². The van der Waals surface area contributed by atoms with Gasteiger partial charge in [-0.1, -0.05) is 47.5 Å². The fourth-order valence-electron chi connectivity index (χ4n) is 3.43. The molecule has 1 aliphatic rings. The van der Waals surface area contributed by atoms with Crippen LogP contribution in [0.4, 0.5) is 10.5 Å². The highest BCUT2D eigenvalue weighted by Crippen LogP contribution is 2.33. The number of nitrogens with zero attached hydrogens (tertiary/aromatic N) is 1. The zero-order valence-corrected chi connectivity index (χ0v) is 18.9. The fourth-order valence-corrected chi connectivity index (χ4v) is 3.94. The number of methoxy groups -OCH3 is 1. The number of ether oxygens (including phenoxy) is 3. The lowest BCUT2D eigenvalue weighted by Gasteiger charge is -2.24. The second-order valence-corrected chi connectivity index (χ2v) is 8.07. The average Bonchev–Trinajstić information content (AvgIpc) is 3.26. The van der Waals surface area contributed by atoms with E-state index in [4.69, 9.17) is 37.4 Å². The molecule has 32 heavy (non-hydrogen) atoms. The van der Waals surface area contributed by atoms with Crippen molar-refractivity contribution in [2.75, 3.05) is 25.8 Å². The molecule has 0 aromatic heterocycles. The Morgan fingerprint density at radius 3 is 2.69 bits per heavy atom. The van der Waals surface area contributed by atoms with E-state index in [1.165, 1.54) is 0 Å². The third-order valence-electron chi connectivity index (χ3n) is 5.11. The summed E-state index contributed by atoms with van der Waals surface area (Å²) in [5, 5.41) is 4.09. The first kappa shape index (κ1) is 22.1. The number of hydrogen-bond donors (Lipinski definition) is 1. The maximum absolute atomic E-state index is 13.2. The Bertz CT molecular complexity index is 1120. The Balaban J connectivity index is 1.54. The molecule has 0 spiro atoms. The summed E-state index contributed by atoms with van der Waals surface area (Å²) in [6.45, 7) is 1.02. The smallest absolute Gasteiger partial charge is 0.322 e. The summed E-state index contributed by atoms with van der Waals surface area (Å²) < 4.78 is 16.2. The molecule has 0 aliphatic carbocycles. The Morgan fingerprint density at radius 1 is 1.06 bits per heavy atom. The molecule has 0 unspecified atom stereocenters. The predicted octanol–water partition coefficient (Wildman–Crippen LogP) is 6.01. The predicted molar refractivity (Wildman–Crippen MR) is 125 cm³/mol. The van der Waals surface area contributed by atoms with Crippen LogP contribution in [0.2, 0.25) is 10.0 Å². The molecular formula is C24H22Cl2N2O4. The highest BCUT2D eigenvalue weighted by atomic mass is 35.5. The van der Waals surface area contributed by atoms with Gasteiger partial charge in [-0.15, -0.1) is 0 Å². The monoisotopic (exact) mass is 472 g/mol. The number of carbonyl (C=O) groups excluding carboxylic acids is 1. The Labute approximate surface area is 196 Å². The Kier molecular flexibility index (Phi) is 6.93. The molecule has 0 atom stereocenters. The molecule has 0 bridgehead atoms. The number of amides is 2. The minimum atomic E-state index is -0.253. The topological polar surface area (TPSA) is 60.0 Å². The van der Waals surface area contributed by atoms with Gasteiger partial charge in [-0.05, 0) is 53.9 Å². The number of rotatable bonds is 7. The Morgan fingerprint density at radius 2 is 1.88 bits per heavy atom. The molecule has 1 heterocycles. The molecule has 0 radical (unpaired) electrons. The molecule has 4 rings (SSSR count). The summed E-state index contributed by atoms with van der Waals surface area (Å²) in [4.78, 5) is 14.9. The van der Waals surface area contributed by atoms with Crippen molar-refractivity contribution in [2.45, 2.75) is 13.0 Å². The van der Waals surface area contributed by atoms with E-state index in [-0.39, 0.29) is 12.8 Å². The summed E-state index contributed by atoms with van der Waals surface area (Å²) in [5.41, 5.74) is 2.43. The maximum Gasteiger partial charge on any atom is 0.322 e. The van der Waals surface area contributed by atoms with Crippen molar-refractivity contribution in [3.05, 3.63) is 81.8 Å². The zero-order chi connectivity index (χ0) is 22.5. The SMILES string of the molecule is COc1ccccc1NC(=O)N(CCc1ccc(Cl)cc1Cl)Cc1ccc2c(c1)OCO2. The van der Waals surface area contributed by atoms with Gasteiger partial charge in [0.05, 0.1) is 12.8 Å². The number of anilines is 1. The second kappa shape index (κ2) is 10.0. The summed E-state index contributed by atoms with van der Waals surface area (Å²) in [6.07, 6.45) is 0.569. The van der Waals surface area contributed by atoms with E-state index in [1.54, 1.807) is 36.3 Å². The number of carbonyl (C=O) groups is 1. The molecule has 2 amide bonds. The molecule has 6 nitrogen and oxygen atoms in total. The Hall–Kier alpha value is -3.09. The van der Waals surface area contributed by atoms with Crippen LogP contribution >= 0.6 is 23.2 Å². The highest BCUT2D eigenvalue weighted by Gasteiger charge is 2.19. The number of fused-ring (bicyclic) bond motifs is 1. The lowest BCUT2D eigenvalue weighted by molar-refractivity contribution is 0.174. The van der Waals surface area contributed by atoms with E-state index >= 15 is 0 Å². The van der Waals surface area contributed by atoms with E-state index < -0.39 is 0 Å². The van der Waals surface area contributed by atoms with Crippen LogP contribution in [0, 0.1) is 0 Å². The quantitative estimate of drug-likeness (QED) is 0.457. The maximum atomic E-state index is 13.2. The van der Waals surface area contributed by atoms with Crippen LogP contribution < -0.4 is 19.5 Å². The lowest BCUT2D eigenvalue weighted by Crippen LogP contribution is -2.36. The van der Waals surface area contributed by atoms with Crippen molar-refractivity contribution < 1.29 is 19.0 Å². The van der Waals surface area contributed by atoms with E-state index in [2.05, 4.69) is 5.32 Å². The van der Waals surface area contributed by atoms with Crippen LogP contribution in [0.5, 0.6) is 17.2 Å². The van der Waals surface area contributed by atoms with Crippen LogP contribution in [0.15, 0.2) is 60.7 Å². The molecule has 166 valence electrons. The standard InChI is InChI=1S/C24H22Cl2N2O4/c1-30-21-5-3-2-4-20(21)27-24(29)28(11-10-17-7-8-18(25)13-19(17)26)14-16-6-9-22-23(12-16)32-15-31-22/h2-9,12-13H,10-11,14-15H2,1H3,(H,27,29). The van der Waals surface area contributed by atoms with Gasteiger partial charge in [0.15, 0.2) is 11.5 Å². The average molecular weight is 473 g/mol. The van der Waals surface area contributed by atoms with Crippen molar-refractivity contribution >= 4 is 34.9 Å². The first-order valence-corrected chi connectivity index (χ1v) is 10.8. The van der Waals surface area contributed by atoms with E-state index in [9.17, 15) is 4.79 Å². The first-order valence-electron chi connectivity index (χ1n) is 10.0. The number of halogens is 2.